The van der Waals surface area contributed by atoms with E-state index in [-0.39, 0.29) is 12.4 Å². The van der Waals surface area contributed by atoms with Crippen molar-refractivity contribution in [2.24, 2.45) is 11.8 Å². The first kappa shape index (κ1) is 17.4. The first-order valence-corrected chi connectivity index (χ1v) is 8.48. The number of halogens is 1. The van der Waals surface area contributed by atoms with Crippen LogP contribution in [0.1, 0.15) is 38.2 Å². The molecule has 0 aliphatic carbocycles. The average Bonchev–Trinajstić information content (AvgIpc) is 2.55. The van der Waals surface area contributed by atoms with Gasteiger partial charge in [-0.15, -0.1) is 12.4 Å². The summed E-state index contributed by atoms with van der Waals surface area (Å²) >= 11 is 0. The molecular formula is C19H28ClNO. The molecule has 3 saturated heterocycles. The number of hydrogen-bond acceptors (Lipinski definition) is 2. The van der Waals surface area contributed by atoms with Crippen LogP contribution in [0.5, 0.6) is 5.75 Å². The number of ether oxygens (including phenoxy) is 1. The Morgan fingerprint density at radius 1 is 1.18 bits per heavy atom. The highest BCUT2D eigenvalue weighted by Crippen LogP contribution is 2.33. The summed E-state index contributed by atoms with van der Waals surface area (Å²) in [6.07, 6.45) is 9.81. The van der Waals surface area contributed by atoms with E-state index in [9.17, 15) is 0 Å². The predicted octanol–water partition coefficient (Wildman–Crippen LogP) is 4.64. The largest absolute Gasteiger partial charge is 0.494 e. The van der Waals surface area contributed by atoms with Crippen molar-refractivity contribution in [3.05, 3.63) is 35.9 Å². The Balaban J connectivity index is 0.00000176. The summed E-state index contributed by atoms with van der Waals surface area (Å²) in [5, 5.41) is 0. The first-order valence-electron chi connectivity index (χ1n) is 8.48. The summed E-state index contributed by atoms with van der Waals surface area (Å²) in [5.74, 6) is 2.67. The Morgan fingerprint density at radius 3 is 2.50 bits per heavy atom. The normalized spacial score (nSPS) is 26.9. The quantitative estimate of drug-likeness (QED) is 0.708. The van der Waals surface area contributed by atoms with Crippen LogP contribution in [0.4, 0.5) is 0 Å². The summed E-state index contributed by atoms with van der Waals surface area (Å²) in [6.45, 7) is 6.91. The van der Waals surface area contributed by atoms with E-state index in [1.54, 1.807) is 0 Å². The van der Waals surface area contributed by atoms with E-state index in [2.05, 4.69) is 48.2 Å². The molecule has 2 bridgehead atoms. The van der Waals surface area contributed by atoms with E-state index in [0.29, 0.717) is 0 Å². The van der Waals surface area contributed by atoms with Crippen molar-refractivity contribution in [3.63, 3.8) is 0 Å². The van der Waals surface area contributed by atoms with Gasteiger partial charge >= 0.3 is 0 Å². The molecule has 3 heterocycles. The summed E-state index contributed by atoms with van der Waals surface area (Å²) in [7, 11) is 0. The molecular weight excluding hydrogens is 294 g/mol. The van der Waals surface area contributed by atoms with Gasteiger partial charge in [-0.1, -0.05) is 37.6 Å². The molecule has 1 aromatic rings. The maximum atomic E-state index is 5.71. The molecule has 0 radical (unpaired) electrons. The van der Waals surface area contributed by atoms with Gasteiger partial charge < -0.3 is 9.64 Å². The van der Waals surface area contributed by atoms with Gasteiger partial charge in [-0.2, -0.15) is 0 Å². The number of benzene rings is 1. The highest BCUT2D eigenvalue weighted by molar-refractivity contribution is 5.85. The third-order valence-corrected chi connectivity index (χ3v) is 4.89. The lowest BCUT2D eigenvalue weighted by Crippen LogP contribution is -2.46. The van der Waals surface area contributed by atoms with Crippen molar-refractivity contribution in [2.45, 2.75) is 32.6 Å². The summed E-state index contributed by atoms with van der Waals surface area (Å²) < 4.78 is 5.71. The van der Waals surface area contributed by atoms with E-state index in [1.165, 1.54) is 44.5 Å². The Hall–Kier alpha value is -0.990. The zero-order valence-corrected chi connectivity index (χ0v) is 14.4. The number of hydrogen-bond donors (Lipinski definition) is 0. The van der Waals surface area contributed by atoms with Crippen LogP contribution in [-0.2, 0) is 0 Å². The molecule has 1 atom stereocenters. The zero-order valence-electron chi connectivity index (χ0n) is 13.5. The van der Waals surface area contributed by atoms with Gasteiger partial charge in [0, 0.05) is 6.54 Å². The SMILES string of the molecule is CCCCOc1ccc(/C=C/C2CN3CCC2CC3)cc1.Cl. The van der Waals surface area contributed by atoms with Crippen LogP contribution in [0.15, 0.2) is 30.3 Å². The maximum Gasteiger partial charge on any atom is 0.119 e. The molecule has 0 spiro atoms. The predicted molar refractivity (Wildman–Crippen MR) is 95.8 cm³/mol. The van der Waals surface area contributed by atoms with Crippen LogP contribution in [0.2, 0.25) is 0 Å². The van der Waals surface area contributed by atoms with E-state index in [1.807, 2.05) is 0 Å². The van der Waals surface area contributed by atoms with E-state index >= 15 is 0 Å². The second-order valence-corrected chi connectivity index (χ2v) is 6.43. The lowest BCUT2D eigenvalue weighted by Gasteiger charge is -2.43. The number of rotatable bonds is 6. The molecule has 0 aromatic heterocycles. The van der Waals surface area contributed by atoms with Gasteiger partial charge in [0.15, 0.2) is 0 Å². The molecule has 0 saturated carbocycles. The molecule has 0 amide bonds. The molecule has 3 aliphatic rings. The van der Waals surface area contributed by atoms with Crippen LogP contribution in [-0.4, -0.2) is 31.1 Å². The Kier molecular flexibility index (Phi) is 6.78. The summed E-state index contributed by atoms with van der Waals surface area (Å²) in [4.78, 5) is 2.61. The molecule has 1 unspecified atom stereocenters. The van der Waals surface area contributed by atoms with Gasteiger partial charge in [0.25, 0.3) is 0 Å². The molecule has 22 heavy (non-hydrogen) atoms. The summed E-state index contributed by atoms with van der Waals surface area (Å²) in [5.41, 5.74) is 1.29. The topological polar surface area (TPSA) is 12.5 Å². The second-order valence-electron chi connectivity index (χ2n) is 6.43. The van der Waals surface area contributed by atoms with E-state index in [0.717, 1.165) is 30.6 Å². The highest BCUT2D eigenvalue weighted by atomic mass is 35.5. The number of unbranched alkanes of at least 4 members (excludes halogenated alkanes) is 1. The van der Waals surface area contributed by atoms with Gasteiger partial charge in [-0.25, -0.2) is 0 Å². The number of nitrogens with zero attached hydrogens (tertiary/aromatic N) is 1. The van der Waals surface area contributed by atoms with Crippen LogP contribution in [0.3, 0.4) is 0 Å². The Morgan fingerprint density at radius 2 is 1.91 bits per heavy atom. The van der Waals surface area contributed by atoms with Crippen molar-refractivity contribution in [3.8, 4) is 5.75 Å². The van der Waals surface area contributed by atoms with Crippen molar-refractivity contribution < 1.29 is 4.74 Å². The second kappa shape index (κ2) is 8.59. The fourth-order valence-electron chi connectivity index (χ4n) is 3.47. The lowest BCUT2D eigenvalue weighted by molar-refractivity contribution is 0.0740. The Bertz CT molecular complexity index is 463. The van der Waals surface area contributed by atoms with Gasteiger partial charge in [0.1, 0.15) is 5.75 Å². The molecule has 3 aliphatic heterocycles. The monoisotopic (exact) mass is 321 g/mol. The standard InChI is InChI=1S/C19H27NO.ClH/c1-2-3-14-21-19-8-5-16(6-9-19)4-7-18-15-20-12-10-17(18)11-13-20;/h4-9,17-18H,2-3,10-15H2,1H3;1H/b7-4+;. The van der Waals surface area contributed by atoms with Gasteiger partial charge in [0.05, 0.1) is 6.61 Å². The minimum atomic E-state index is 0. The smallest absolute Gasteiger partial charge is 0.119 e. The molecule has 0 N–H and O–H groups in total. The number of piperidine rings is 3. The van der Waals surface area contributed by atoms with Gasteiger partial charge in [0.2, 0.25) is 0 Å². The van der Waals surface area contributed by atoms with Crippen molar-refractivity contribution >= 4 is 18.5 Å². The molecule has 3 fully saturated rings. The van der Waals surface area contributed by atoms with Crippen molar-refractivity contribution in [2.75, 3.05) is 26.2 Å². The van der Waals surface area contributed by atoms with Crippen LogP contribution >= 0.6 is 12.4 Å². The average molecular weight is 322 g/mol. The van der Waals surface area contributed by atoms with Crippen LogP contribution in [0.25, 0.3) is 6.08 Å². The molecule has 4 rings (SSSR count). The lowest BCUT2D eigenvalue weighted by atomic mass is 9.79. The van der Waals surface area contributed by atoms with Crippen molar-refractivity contribution in [1.82, 2.24) is 4.90 Å². The third-order valence-electron chi connectivity index (χ3n) is 4.89. The Labute approximate surface area is 141 Å². The molecule has 1 aromatic carbocycles. The minimum Gasteiger partial charge on any atom is -0.494 e. The van der Waals surface area contributed by atoms with Crippen molar-refractivity contribution in [1.29, 1.82) is 0 Å². The number of fused-ring (bicyclic) bond motifs is 3. The maximum absolute atomic E-state index is 5.71. The third kappa shape index (κ3) is 4.50. The van der Waals surface area contributed by atoms with E-state index in [4.69, 9.17) is 4.74 Å². The molecule has 3 heteroatoms. The fourth-order valence-corrected chi connectivity index (χ4v) is 3.47. The molecule has 2 nitrogen and oxygen atoms in total. The van der Waals surface area contributed by atoms with Gasteiger partial charge in [-0.05, 0) is 61.9 Å². The van der Waals surface area contributed by atoms with Gasteiger partial charge in [-0.3, -0.25) is 0 Å². The highest BCUT2D eigenvalue weighted by Gasteiger charge is 2.32. The van der Waals surface area contributed by atoms with Crippen LogP contribution < -0.4 is 4.74 Å². The minimum absolute atomic E-state index is 0. The van der Waals surface area contributed by atoms with Crippen LogP contribution in [0, 0.1) is 11.8 Å². The first-order chi connectivity index (χ1) is 10.3. The summed E-state index contributed by atoms with van der Waals surface area (Å²) in [6, 6.07) is 8.51. The zero-order chi connectivity index (χ0) is 14.5. The fraction of sp³-hybridized carbons (Fsp3) is 0.579. The molecule has 122 valence electrons. The van der Waals surface area contributed by atoms with E-state index < -0.39 is 0 Å².